The summed E-state index contributed by atoms with van der Waals surface area (Å²) in [6, 6.07) is -1.06. The van der Waals surface area contributed by atoms with Crippen molar-refractivity contribution in [3.05, 3.63) is 0 Å². The van der Waals surface area contributed by atoms with Crippen molar-refractivity contribution in [2.24, 2.45) is 5.92 Å². The average molecular weight is 597 g/mol. The minimum absolute atomic E-state index is 0.0316. The molecule has 0 aromatic heterocycles. The third-order valence-corrected chi connectivity index (χ3v) is 7.92. The van der Waals surface area contributed by atoms with Crippen molar-refractivity contribution in [1.82, 2.24) is 10.6 Å². The van der Waals surface area contributed by atoms with Crippen molar-refractivity contribution < 1.29 is 34.2 Å². The number of rotatable bonds is 30. The van der Waals surface area contributed by atoms with E-state index in [4.69, 9.17) is 5.11 Å². The summed E-state index contributed by atoms with van der Waals surface area (Å²) in [6.07, 6.45) is 21.3. The van der Waals surface area contributed by atoms with E-state index in [9.17, 15) is 29.1 Å². The molecule has 0 aliphatic rings. The van der Waals surface area contributed by atoms with Crippen molar-refractivity contribution in [3.63, 3.8) is 0 Å². The molecule has 0 rings (SSSR count). The summed E-state index contributed by atoms with van der Waals surface area (Å²) in [7, 11) is 0. The maximum absolute atomic E-state index is 12.2. The molecule has 9 heteroatoms. The Labute approximate surface area is 254 Å². The quantitative estimate of drug-likeness (QED) is 0.0655. The second-order valence-electron chi connectivity index (χ2n) is 11.9. The largest absolute Gasteiger partial charge is 0.481 e. The summed E-state index contributed by atoms with van der Waals surface area (Å²) >= 11 is 0. The van der Waals surface area contributed by atoms with Crippen LogP contribution in [0.1, 0.15) is 162 Å². The fourth-order valence-corrected chi connectivity index (χ4v) is 4.93. The molecule has 0 bridgehead atoms. The molecule has 0 aromatic carbocycles. The number of carboxylic acid groups (broad SMARTS) is 2. The number of Topliss-reactive ketones (excluding diaryl/α,β-unsaturated/α-hetero) is 1. The lowest BCUT2D eigenvalue weighted by Crippen LogP contribution is -2.41. The minimum Gasteiger partial charge on any atom is -0.481 e. The lowest BCUT2D eigenvalue weighted by atomic mass is 10.0. The Morgan fingerprint density at radius 3 is 1.43 bits per heavy atom. The number of nitrogens with one attached hydrogen (secondary N) is 2. The maximum Gasteiger partial charge on any atom is 0.326 e. The van der Waals surface area contributed by atoms with Gasteiger partial charge in [-0.05, 0) is 39.0 Å². The summed E-state index contributed by atoms with van der Waals surface area (Å²) in [5.74, 6) is -2.13. The van der Waals surface area contributed by atoms with Crippen LogP contribution in [0.2, 0.25) is 0 Å². The lowest BCUT2D eigenvalue weighted by molar-refractivity contribution is -0.142. The number of unbranched alkanes of at least 4 members (excludes halogenated alkanes) is 16. The van der Waals surface area contributed by atoms with Crippen LogP contribution >= 0.6 is 0 Å². The first kappa shape index (κ1) is 39.5. The SMILES string of the molecule is CC(=O)[C@@H](C)CCCCNC(=O)CCC(NC(=O)CCCCCCCCCCCCCCCCCCC(=O)O)C(=O)O. The van der Waals surface area contributed by atoms with Crippen LogP contribution in [-0.2, 0) is 24.0 Å². The molecule has 0 spiro atoms. The first-order valence-electron chi connectivity index (χ1n) is 16.6. The van der Waals surface area contributed by atoms with Gasteiger partial charge in [-0.2, -0.15) is 0 Å². The molecule has 2 atom stereocenters. The van der Waals surface area contributed by atoms with Crippen molar-refractivity contribution in [3.8, 4) is 0 Å². The van der Waals surface area contributed by atoms with E-state index in [2.05, 4.69) is 10.6 Å². The number of carboxylic acids is 2. The van der Waals surface area contributed by atoms with E-state index in [1.54, 1.807) is 6.92 Å². The van der Waals surface area contributed by atoms with Gasteiger partial charge in [0.25, 0.3) is 0 Å². The van der Waals surface area contributed by atoms with Gasteiger partial charge in [-0.3, -0.25) is 19.2 Å². The van der Waals surface area contributed by atoms with E-state index in [1.807, 2.05) is 6.92 Å². The van der Waals surface area contributed by atoms with Crippen LogP contribution in [0.4, 0.5) is 0 Å². The summed E-state index contributed by atoms with van der Waals surface area (Å²) in [4.78, 5) is 57.5. The predicted octanol–water partition coefficient (Wildman–Crippen LogP) is 6.95. The molecular formula is C33H60N2O7. The number of hydrogen-bond donors (Lipinski definition) is 4. The fraction of sp³-hybridized carbons (Fsp3) is 0.848. The molecule has 0 aliphatic carbocycles. The number of amides is 2. The highest BCUT2D eigenvalue weighted by Gasteiger charge is 2.20. The predicted molar refractivity (Wildman–Crippen MR) is 166 cm³/mol. The van der Waals surface area contributed by atoms with Gasteiger partial charge in [0.15, 0.2) is 0 Å². The highest BCUT2D eigenvalue weighted by molar-refractivity contribution is 5.84. The number of carbonyl (C=O) groups excluding carboxylic acids is 3. The van der Waals surface area contributed by atoms with Gasteiger partial charge in [0.05, 0.1) is 0 Å². The van der Waals surface area contributed by atoms with Crippen LogP contribution in [0.25, 0.3) is 0 Å². The molecule has 1 unspecified atom stereocenters. The topological polar surface area (TPSA) is 150 Å². The van der Waals surface area contributed by atoms with Gasteiger partial charge in [-0.25, -0.2) is 4.79 Å². The van der Waals surface area contributed by atoms with Crippen molar-refractivity contribution in [1.29, 1.82) is 0 Å². The maximum atomic E-state index is 12.2. The second kappa shape index (κ2) is 27.4. The molecule has 0 aromatic rings. The van der Waals surface area contributed by atoms with Gasteiger partial charge >= 0.3 is 11.9 Å². The molecular weight excluding hydrogens is 536 g/mol. The zero-order valence-electron chi connectivity index (χ0n) is 26.6. The molecule has 0 saturated heterocycles. The molecule has 0 saturated carbocycles. The number of aliphatic carboxylic acids is 2. The highest BCUT2D eigenvalue weighted by atomic mass is 16.4. The molecule has 0 fully saturated rings. The first-order valence-corrected chi connectivity index (χ1v) is 16.6. The Morgan fingerprint density at radius 1 is 0.548 bits per heavy atom. The normalized spacial score (nSPS) is 12.4. The van der Waals surface area contributed by atoms with Crippen LogP contribution in [-0.4, -0.2) is 52.3 Å². The van der Waals surface area contributed by atoms with Crippen LogP contribution in [0.5, 0.6) is 0 Å². The minimum atomic E-state index is -1.13. The summed E-state index contributed by atoms with van der Waals surface area (Å²) in [6.45, 7) is 3.97. The molecule has 4 N–H and O–H groups in total. The Morgan fingerprint density at radius 2 is 1.00 bits per heavy atom. The van der Waals surface area contributed by atoms with Crippen LogP contribution in [0.15, 0.2) is 0 Å². The fourth-order valence-electron chi connectivity index (χ4n) is 4.93. The van der Waals surface area contributed by atoms with Gasteiger partial charge in [0, 0.05) is 31.7 Å². The first-order chi connectivity index (χ1) is 20.1. The summed E-state index contributed by atoms with van der Waals surface area (Å²) < 4.78 is 0. The number of hydrogen-bond acceptors (Lipinski definition) is 5. The van der Waals surface area contributed by atoms with E-state index in [-0.39, 0.29) is 36.4 Å². The zero-order chi connectivity index (χ0) is 31.4. The molecule has 2 amide bonds. The van der Waals surface area contributed by atoms with Crippen molar-refractivity contribution in [2.45, 2.75) is 168 Å². The third-order valence-electron chi connectivity index (χ3n) is 7.92. The second-order valence-corrected chi connectivity index (χ2v) is 11.9. The van der Waals surface area contributed by atoms with E-state index < -0.39 is 18.0 Å². The molecule has 0 heterocycles. The van der Waals surface area contributed by atoms with E-state index >= 15 is 0 Å². The Hall–Kier alpha value is -2.45. The van der Waals surface area contributed by atoms with E-state index in [0.717, 1.165) is 64.2 Å². The van der Waals surface area contributed by atoms with Crippen LogP contribution in [0.3, 0.4) is 0 Å². The lowest BCUT2D eigenvalue weighted by Gasteiger charge is -2.14. The molecule has 0 radical (unpaired) electrons. The van der Waals surface area contributed by atoms with E-state index in [1.165, 1.54) is 57.8 Å². The summed E-state index contributed by atoms with van der Waals surface area (Å²) in [5, 5.41) is 23.4. The van der Waals surface area contributed by atoms with Crippen molar-refractivity contribution in [2.75, 3.05) is 6.54 Å². The smallest absolute Gasteiger partial charge is 0.326 e. The molecule has 42 heavy (non-hydrogen) atoms. The summed E-state index contributed by atoms with van der Waals surface area (Å²) in [5.41, 5.74) is 0. The van der Waals surface area contributed by atoms with Gasteiger partial charge in [-0.1, -0.05) is 103 Å². The van der Waals surface area contributed by atoms with Crippen LogP contribution in [0, 0.1) is 5.92 Å². The van der Waals surface area contributed by atoms with Gasteiger partial charge in [0.2, 0.25) is 11.8 Å². The van der Waals surface area contributed by atoms with Crippen LogP contribution < -0.4 is 10.6 Å². The Bertz CT molecular complexity index is 757. The van der Waals surface area contributed by atoms with Gasteiger partial charge < -0.3 is 20.8 Å². The molecule has 244 valence electrons. The molecule has 0 aliphatic heterocycles. The molecule has 9 nitrogen and oxygen atoms in total. The Kier molecular flexibility index (Phi) is 25.8. The monoisotopic (exact) mass is 596 g/mol. The van der Waals surface area contributed by atoms with Crippen molar-refractivity contribution >= 4 is 29.5 Å². The number of ketones is 1. The number of carbonyl (C=O) groups is 5. The average Bonchev–Trinajstić information content (AvgIpc) is 2.93. The van der Waals surface area contributed by atoms with Gasteiger partial charge in [0.1, 0.15) is 11.8 Å². The van der Waals surface area contributed by atoms with E-state index in [0.29, 0.717) is 19.4 Å². The van der Waals surface area contributed by atoms with Gasteiger partial charge in [-0.15, -0.1) is 0 Å². The Balaban J connectivity index is 3.65. The highest BCUT2D eigenvalue weighted by Crippen LogP contribution is 2.14. The standard InChI is InChI=1S/C33H60N2O7/c1-27(28(2)36)21-19-20-26-34-30(37)25-24-29(33(41)42)35-31(38)22-17-15-13-11-9-7-5-3-4-6-8-10-12-14-16-18-23-32(39)40/h27,29H,3-26H2,1-2H3,(H,34,37)(H,35,38)(H,39,40)(H,41,42)/t27-,29?/m0/s1. The third kappa shape index (κ3) is 26.4. The zero-order valence-corrected chi connectivity index (χ0v) is 26.6.